The number of benzene rings is 1. The van der Waals surface area contributed by atoms with E-state index in [0.29, 0.717) is 6.42 Å². The Morgan fingerprint density at radius 1 is 1.44 bits per heavy atom. The zero-order valence-electron chi connectivity index (χ0n) is 10.8. The van der Waals surface area contributed by atoms with Crippen LogP contribution in [0.15, 0.2) is 29.8 Å². The second kappa shape index (κ2) is 5.36. The van der Waals surface area contributed by atoms with Crippen LogP contribution in [0.5, 0.6) is 0 Å². The summed E-state index contributed by atoms with van der Waals surface area (Å²) in [5.41, 5.74) is 3.55. The van der Waals surface area contributed by atoms with Crippen LogP contribution < -0.4 is 5.32 Å². The molecule has 3 nitrogen and oxygen atoms in total. The molecule has 0 saturated heterocycles. The van der Waals surface area contributed by atoms with E-state index >= 15 is 0 Å². The third-order valence-corrected chi connectivity index (χ3v) is 3.39. The van der Waals surface area contributed by atoms with Crippen LogP contribution in [0.1, 0.15) is 43.9 Å². The Bertz CT molecular complexity index is 479. The molecule has 0 saturated carbocycles. The normalized spacial score (nSPS) is 19.2. The first-order valence-corrected chi connectivity index (χ1v) is 6.39. The van der Waals surface area contributed by atoms with Crippen molar-refractivity contribution in [3.05, 3.63) is 41.0 Å². The van der Waals surface area contributed by atoms with Gasteiger partial charge in [0, 0.05) is 0 Å². The Morgan fingerprint density at radius 2 is 2.17 bits per heavy atom. The van der Waals surface area contributed by atoms with E-state index in [4.69, 9.17) is 0 Å². The summed E-state index contributed by atoms with van der Waals surface area (Å²) in [5.74, 6) is -0.769. The molecule has 2 N–H and O–H groups in total. The van der Waals surface area contributed by atoms with Crippen molar-refractivity contribution in [1.82, 2.24) is 5.32 Å². The van der Waals surface area contributed by atoms with Gasteiger partial charge in [0.2, 0.25) is 0 Å². The Balaban J connectivity index is 2.19. The molecule has 0 unspecified atom stereocenters. The van der Waals surface area contributed by atoms with Crippen LogP contribution in [0, 0.1) is 0 Å². The quantitative estimate of drug-likeness (QED) is 0.838. The molecule has 0 heterocycles. The summed E-state index contributed by atoms with van der Waals surface area (Å²) in [6.07, 6.45) is 3.64. The van der Waals surface area contributed by atoms with Gasteiger partial charge in [0.25, 0.3) is 0 Å². The van der Waals surface area contributed by atoms with Gasteiger partial charge in [-0.25, -0.2) is 0 Å². The van der Waals surface area contributed by atoms with E-state index in [0.717, 1.165) is 6.42 Å². The summed E-state index contributed by atoms with van der Waals surface area (Å²) in [6.45, 7) is 4.05. The summed E-state index contributed by atoms with van der Waals surface area (Å²) in [4.78, 5) is 11.2. The molecular weight excluding hydrogens is 226 g/mol. The Kier molecular flexibility index (Phi) is 3.82. The fraction of sp³-hybridized carbons (Fsp3) is 0.400. The van der Waals surface area contributed by atoms with Crippen LogP contribution in [0.3, 0.4) is 0 Å². The highest BCUT2D eigenvalue weighted by molar-refractivity contribution is 5.74. The number of rotatable bonds is 5. The maximum Gasteiger partial charge on any atom is 0.320 e. The minimum Gasteiger partial charge on any atom is -0.480 e. The fourth-order valence-corrected chi connectivity index (χ4v) is 2.47. The standard InChI is InChI=1S/C15H19NO2/c1-3-6-13(15(17)18)16-14-10(2)9-11-7-4-5-8-12(11)14/h4-5,7-9,13-14,16H,3,6H2,1-2H3,(H,17,18)/t13-,14-/m1/s1. The van der Waals surface area contributed by atoms with Crippen molar-refractivity contribution >= 4 is 12.0 Å². The van der Waals surface area contributed by atoms with Crippen LogP contribution in [-0.4, -0.2) is 17.1 Å². The number of hydrogen-bond acceptors (Lipinski definition) is 2. The molecular formula is C15H19NO2. The van der Waals surface area contributed by atoms with Gasteiger partial charge in [-0.05, 0) is 24.5 Å². The SMILES string of the molecule is CCC[C@@H](N[C@@H]1C(C)=Cc2ccccc21)C(=O)O. The van der Waals surface area contributed by atoms with Gasteiger partial charge in [-0.15, -0.1) is 0 Å². The number of fused-ring (bicyclic) bond motifs is 1. The molecule has 0 fully saturated rings. The first-order chi connectivity index (χ1) is 8.63. The van der Waals surface area contributed by atoms with Gasteiger partial charge in [-0.1, -0.05) is 49.3 Å². The van der Waals surface area contributed by atoms with Gasteiger partial charge in [-0.2, -0.15) is 0 Å². The molecule has 0 aromatic heterocycles. The van der Waals surface area contributed by atoms with E-state index in [9.17, 15) is 9.90 Å². The fourth-order valence-electron chi connectivity index (χ4n) is 2.47. The second-order valence-electron chi connectivity index (χ2n) is 4.80. The molecule has 2 atom stereocenters. The van der Waals surface area contributed by atoms with Crippen molar-refractivity contribution in [3.8, 4) is 0 Å². The number of nitrogens with one attached hydrogen (secondary N) is 1. The monoisotopic (exact) mass is 245 g/mol. The Morgan fingerprint density at radius 3 is 2.83 bits per heavy atom. The molecule has 0 radical (unpaired) electrons. The number of carboxylic acids is 1. The minimum atomic E-state index is -0.769. The van der Waals surface area contributed by atoms with Crippen LogP contribution >= 0.6 is 0 Å². The summed E-state index contributed by atoms with van der Waals surface area (Å²) >= 11 is 0. The van der Waals surface area contributed by atoms with Crippen LogP contribution in [0.4, 0.5) is 0 Å². The highest BCUT2D eigenvalue weighted by Crippen LogP contribution is 2.34. The van der Waals surface area contributed by atoms with Crippen LogP contribution in [0.25, 0.3) is 6.08 Å². The third-order valence-electron chi connectivity index (χ3n) is 3.39. The van der Waals surface area contributed by atoms with Crippen molar-refractivity contribution in [2.75, 3.05) is 0 Å². The molecule has 0 amide bonds. The Hall–Kier alpha value is -1.61. The molecule has 1 aliphatic carbocycles. The van der Waals surface area contributed by atoms with Gasteiger partial charge in [0.05, 0.1) is 6.04 Å². The zero-order chi connectivity index (χ0) is 13.1. The predicted octanol–water partition coefficient (Wildman–Crippen LogP) is 2.99. The lowest BCUT2D eigenvalue weighted by molar-refractivity contribution is -0.139. The van der Waals surface area contributed by atoms with E-state index in [-0.39, 0.29) is 6.04 Å². The molecule has 1 aliphatic rings. The number of carbonyl (C=O) groups is 1. The maximum atomic E-state index is 11.2. The highest BCUT2D eigenvalue weighted by atomic mass is 16.4. The van der Waals surface area contributed by atoms with Crippen molar-refractivity contribution in [2.24, 2.45) is 0 Å². The molecule has 0 bridgehead atoms. The molecule has 1 aromatic rings. The van der Waals surface area contributed by atoms with Crippen molar-refractivity contribution in [2.45, 2.75) is 38.8 Å². The molecule has 96 valence electrons. The number of carboxylic acid groups (broad SMARTS) is 1. The summed E-state index contributed by atoms with van der Waals surface area (Å²) in [5, 5.41) is 12.5. The van der Waals surface area contributed by atoms with Crippen LogP contribution in [0.2, 0.25) is 0 Å². The largest absolute Gasteiger partial charge is 0.480 e. The third kappa shape index (κ3) is 2.46. The van der Waals surface area contributed by atoms with E-state index in [1.54, 1.807) is 0 Å². The van der Waals surface area contributed by atoms with Crippen LogP contribution in [-0.2, 0) is 4.79 Å². The van der Waals surface area contributed by atoms with Gasteiger partial charge < -0.3 is 5.11 Å². The number of aliphatic carboxylic acids is 1. The van der Waals surface area contributed by atoms with Crippen molar-refractivity contribution in [1.29, 1.82) is 0 Å². The average Bonchev–Trinajstić information content (AvgIpc) is 2.65. The molecule has 1 aromatic carbocycles. The van der Waals surface area contributed by atoms with E-state index in [1.165, 1.54) is 16.7 Å². The lowest BCUT2D eigenvalue weighted by atomic mass is 10.0. The van der Waals surface area contributed by atoms with E-state index < -0.39 is 12.0 Å². The molecule has 18 heavy (non-hydrogen) atoms. The highest BCUT2D eigenvalue weighted by Gasteiger charge is 2.27. The van der Waals surface area contributed by atoms with Gasteiger partial charge in [-0.3, -0.25) is 10.1 Å². The van der Waals surface area contributed by atoms with Gasteiger partial charge in [0.15, 0.2) is 0 Å². The van der Waals surface area contributed by atoms with Gasteiger partial charge >= 0.3 is 5.97 Å². The molecule has 2 rings (SSSR count). The lowest BCUT2D eigenvalue weighted by Gasteiger charge is -2.21. The lowest BCUT2D eigenvalue weighted by Crippen LogP contribution is -2.39. The summed E-state index contributed by atoms with van der Waals surface area (Å²) in [7, 11) is 0. The first-order valence-electron chi connectivity index (χ1n) is 6.39. The molecule has 3 heteroatoms. The summed E-state index contributed by atoms with van der Waals surface area (Å²) < 4.78 is 0. The Labute approximate surface area is 108 Å². The van der Waals surface area contributed by atoms with E-state index in [1.807, 2.05) is 26.0 Å². The number of hydrogen-bond donors (Lipinski definition) is 2. The van der Waals surface area contributed by atoms with Gasteiger partial charge in [0.1, 0.15) is 6.04 Å². The zero-order valence-corrected chi connectivity index (χ0v) is 10.8. The minimum absolute atomic E-state index is 0.0360. The first kappa shape index (κ1) is 12.8. The summed E-state index contributed by atoms with van der Waals surface area (Å²) in [6, 6.07) is 7.69. The molecule has 0 aliphatic heterocycles. The second-order valence-corrected chi connectivity index (χ2v) is 4.80. The topological polar surface area (TPSA) is 49.3 Å². The predicted molar refractivity (Wildman–Crippen MR) is 72.3 cm³/mol. The van der Waals surface area contributed by atoms with E-state index in [2.05, 4.69) is 23.5 Å². The molecule has 0 spiro atoms. The maximum absolute atomic E-state index is 11.2. The van der Waals surface area contributed by atoms with Crippen molar-refractivity contribution in [3.63, 3.8) is 0 Å². The average molecular weight is 245 g/mol. The smallest absolute Gasteiger partial charge is 0.320 e. The van der Waals surface area contributed by atoms with Crippen molar-refractivity contribution < 1.29 is 9.90 Å².